The number of methoxy groups -OCH3 is 1. The second kappa shape index (κ2) is 9.27. The van der Waals surface area contributed by atoms with E-state index in [1.165, 1.54) is 42.3 Å². The minimum absolute atomic E-state index is 0.0345. The summed E-state index contributed by atoms with van der Waals surface area (Å²) in [6.45, 7) is 4.12. The fourth-order valence-electron chi connectivity index (χ4n) is 2.95. The Balaban J connectivity index is 2.00. The number of nitrogens with zero attached hydrogens (tertiary/aromatic N) is 2. The van der Waals surface area contributed by atoms with Crippen LogP contribution in [0, 0.1) is 10.1 Å². The highest BCUT2D eigenvalue weighted by Gasteiger charge is 2.25. The fourth-order valence-corrected chi connectivity index (χ4v) is 4.51. The van der Waals surface area contributed by atoms with Crippen molar-refractivity contribution in [3.05, 3.63) is 63.0 Å². The Kier molecular flexibility index (Phi) is 6.73. The Morgan fingerprint density at radius 2 is 1.97 bits per heavy atom. The normalized spacial score (nSPS) is 10.8. The van der Waals surface area contributed by atoms with Gasteiger partial charge in [-0.1, -0.05) is 44.2 Å². The van der Waals surface area contributed by atoms with E-state index in [-0.39, 0.29) is 17.2 Å². The minimum atomic E-state index is -0.585. The summed E-state index contributed by atoms with van der Waals surface area (Å²) in [5, 5.41) is 14.7. The van der Waals surface area contributed by atoms with Crippen LogP contribution in [0.3, 0.4) is 0 Å². The van der Waals surface area contributed by atoms with Crippen LogP contribution >= 0.6 is 23.1 Å². The number of nitrogens with one attached hydrogen (secondary N) is 1. The predicted octanol–water partition coefficient (Wildman–Crippen LogP) is 5.82. The highest BCUT2D eigenvalue weighted by Crippen LogP contribution is 2.38. The van der Waals surface area contributed by atoms with Crippen LogP contribution in [0.5, 0.6) is 5.75 Å². The van der Waals surface area contributed by atoms with Gasteiger partial charge in [-0.2, -0.15) is 0 Å². The minimum Gasteiger partial charge on any atom is -0.495 e. The Bertz CT molecular complexity index is 1080. The molecule has 0 saturated heterocycles. The van der Waals surface area contributed by atoms with Gasteiger partial charge in [0.2, 0.25) is 0 Å². The number of hydrogen-bond acceptors (Lipinski definition) is 7. The van der Waals surface area contributed by atoms with Gasteiger partial charge < -0.3 is 4.74 Å². The second-order valence-electron chi connectivity index (χ2n) is 6.69. The summed E-state index contributed by atoms with van der Waals surface area (Å²) in [5.74, 6) is -0.0152. The number of anilines is 1. The molecule has 9 heteroatoms. The number of thioether (sulfide) groups is 1. The molecule has 1 heterocycles. The van der Waals surface area contributed by atoms with Crippen molar-refractivity contribution in [2.24, 2.45) is 0 Å². The molecule has 0 fully saturated rings. The molecule has 1 amide bonds. The van der Waals surface area contributed by atoms with Crippen LogP contribution in [0.25, 0.3) is 11.3 Å². The lowest BCUT2D eigenvalue weighted by molar-refractivity contribution is -0.385. The fraction of sp³-hybridized carbons (Fsp3) is 0.238. The van der Waals surface area contributed by atoms with Crippen LogP contribution in [0.4, 0.5) is 10.8 Å². The van der Waals surface area contributed by atoms with Gasteiger partial charge in [0.1, 0.15) is 11.3 Å². The molecule has 0 saturated carbocycles. The Morgan fingerprint density at radius 3 is 2.53 bits per heavy atom. The van der Waals surface area contributed by atoms with Crippen molar-refractivity contribution >= 4 is 39.8 Å². The van der Waals surface area contributed by atoms with Crippen molar-refractivity contribution in [2.75, 3.05) is 18.7 Å². The molecule has 1 N–H and O–H groups in total. The lowest BCUT2D eigenvalue weighted by Gasteiger charge is -2.09. The van der Waals surface area contributed by atoms with Gasteiger partial charge >= 0.3 is 0 Å². The average Bonchev–Trinajstić information content (AvgIpc) is 3.17. The summed E-state index contributed by atoms with van der Waals surface area (Å²) in [5.41, 5.74) is 1.41. The number of benzene rings is 2. The maximum atomic E-state index is 12.9. The highest BCUT2D eigenvalue weighted by molar-refractivity contribution is 7.98. The van der Waals surface area contributed by atoms with Gasteiger partial charge in [-0.15, -0.1) is 23.1 Å². The molecule has 0 aliphatic heterocycles. The molecule has 30 heavy (non-hydrogen) atoms. The summed E-state index contributed by atoms with van der Waals surface area (Å²) in [7, 11) is 1.44. The number of ether oxygens (including phenoxy) is 1. The molecule has 1 aromatic heterocycles. The first-order valence-corrected chi connectivity index (χ1v) is 11.2. The van der Waals surface area contributed by atoms with Crippen molar-refractivity contribution in [2.45, 2.75) is 24.7 Å². The predicted molar refractivity (Wildman–Crippen MR) is 121 cm³/mol. The summed E-state index contributed by atoms with van der Waals surface area (Å²) in [6, 6.07) is 12.5. The van der Waals surface area contributed by atoms with E-state index in [0.29, 0.717) is 15.8 Å². The Hall–Kier alpha value is -2.91. The lowest BCUT2D eigenvalue weighted by atomic mass is 10.1. The summed E-state index contributed by atoms with van der Waals surface area (Å²) < 4.78 is 5.21. The van der Waals surface area contributed by atoms with Crippen molar-refractivity contribution in [3.63, 3.8) is 0 Å². The molecular weight excluding hydrogens is 422 g/mol. The first kappa shape index (κ1) is 21.8. The summed E-state index contributed by atoms with van der Waals surface area (Å²) in [6.07, 6.45) is 1.81. The maximum absolute atomic E-state index is 12.9. The molecule has 0 bridgehead atoms. The van der Waals surface area contributed by atoms with E-state index < -0.39 is 10.8 Å². The molecule has 0 atom stereocenters. The van der Waals surface area contributed by atoms with E-state index in [0.717, 1.165) is 16.1 Å². The second-order valence-corrected chi connectivity index (χ2v) is 8.57. The Labute approximate surface area is 182 Å². The molecule has 156 valence electrons. The molecule has 0 aliphatic carbocycles. The van der Waals surface area contributed by atoms with E-state index in [1.807, 2.05) is 36.6 Å². The van der Waals surface area contributed by atoms with Gasteiger partial charge in [-0.3, -0.25) is 20.2 Å². The summed E-state index contributed by atoms with van der Waals surface area (Å²) in [4.78, 5) is 30.2. The number of carbonyl (C=O) groups is 1. The topological polar surface area (TPSA) is 94.4 Å². The molecule has 0 aliphatic rings. The molecule has 7 nitrogen and oxygen atoms in total. The van der Waals surface area contributed by atoms with E-state index in [9.17, 15) is 14.9 Å². The smallest absolute Gasteiger partial charge is 0.285 e. The number of amides is 1. The molecule has 2 aromatic carbocycles. The SMILES string of the molecule is COc1cc([N+](=O)[O-])c(C(=O)Nc2nc(-c3ccccc3)c(C(C)C)s2)cc1SC. The van der Waals surface area contributed by atoms with Crippen LogP contribution in [0.2, 0.25) is 0 Å². The van der Waals surface area contributed by atoms with E-state index in [1.54, 1.807) is 0 Å². The first-order chi connectivity index (χ1) is 14.3. The van der Waals surface area contributed by atoms with Crippen LogP contribution in [-0.4, -0.2) is 29.2 Å². The van der Waals surface area contributed by atoms with Crippen molar-refractivity contribution < 1.29 is 14.5 Å². The number of aromatic nitrogens is 1. The van der Waals surface area contributed by atoms with Crippen molar-refractivity contribution in [1.82, 2.24) is 4.98 Å². The molecule has 0 radical (unpaired) electrons. The maximum Gasteiger partial charge on any atom is 0.285 e. The zero-order chi connectivity index (χ0) is 21.8. The van der Waals surface area contributed by atoms with Crippen LogP contribution in [0.15, 0.2) is 47.4 Å². The molecule has 3 rings (SSSR count). The standard InChI is InChI=1S/C21H21N3O4S2/c1-12(2)19-18(13-8-6-5-7-9-13)22-21(30-19)23-20(25)14-10-17(29-4)16(28-3)11-15(14)24(26)27/h5-12H,1-4H3,(H,22,23,25). The third-order valence-corrected chi connectivity index (χ3v) is 6.42. The van der Waals surface area contributed by atoms with E-state index in [2.05, 4.69) is 24.1 Å². The van der Waals surface area contributed by atoms with Crippen molar-refractivity contribution in [3.8, 4) is 17.0 Å². The number of rotatable bonds is 7. The molecule has 0 unspecified atom stereocenters. The Morgan fingerprint density at radius 1 is 1.27 bits per heavy atom. The number of nitro benzene ring substituents is 1. The van der Waals surface area contributed by atoms with Gasteiger partial charge in [0.05, 0.1) is 28.7 Å². The number of thiazole rings is 1. The largest absolute Gasteiger partial charge is 0.495 e. The number of nitro groups is 1. The van der Waals surface area contributed by atoms with Crippen LogP contribution in [0.1, 0.15) is 35.0 Å². The molecule has 3 aromatic rings. The lowest BCUT2D eigenvalue weighted by Crippen LogP contribution is -2.14. The quantitative estimate of drug-likeness (QED) is 0.281. The zero-order valence-corrected chi connectivity index (χ0v) is 18.6. The third kappa shape index (κ3) is 4.47. The van der Waals surface area contributed by atoms with Gasteiger partial charge in [0, 0.05) is 10.4 Å². The highest BCUT2D eigenvalue weighted by atomic mass is 32.2. The summed E-state index contributed by atoms with van der Waals surface area (Å²) >= 11 is 2.72. The van der Waals surface area contributed by atoms with Crippen molar-refractivity contribution in [1.29, 1.82) is 0 Å². The van der Waals surface area contributed by atoms with Gasteiger partial charge in [-0.25, -0.2) is 4.98 Å². The average molecular weight is 444 g/mol. The van der Waals surface area contributed by atoms with Crippen LogP contribution in [-0.2, 0) is 0 Å². The number of hydrogen-bond donors (Lipinski definition) is 1. The van der Waals surface area contributed by atoms with Gasteiger partial charge in [-0.05, 0) is 18.2 Å². The van der Waals surface area contributed by atoms with Crippen LogP contribution < -0.4 is 10.1 Å². The first-order valence-electron chi connectivity index (χ1n) is 9.13. The van der Waals surface area contributed by atoms with Gasteiger partial charge in [0.15, 0.2) is 5.13 Å². The third-order valence-electron chi connectivity index (χ3n) is 4.39. The number of carbonyl (C=O) groups excluding carboxylic acids is 1. The van der Waals surface area contributed by atoms with Gasteiger partial charge in [0.25, 0.3) is 11.6 Å². The molecule has 0 spiro atoms. The van der Waals surface area contributed by atoms with E-state index in [4.69, 9.17) is 4.74 Å². The monoisotopic (exact) mass is 443 g/mol. The van der Waals surface area contributed by atoms with E-state index >= 15 is 0 Å². The molecular formula is C21H21N3O4S2. The zero-order valence-electron chi connectivity index (χ0n) is 17.0.